The lowest BCUT2D eigenvalue weighted by atomic mass is 10.2. The lowest BCUT2D eigenvalue weighted by Gasteiger charge is -2.10. The Hall–Kier alpha value is -2.35. The molecule has 0 unspecified atom stereocenters. The van der Waals surface area contributed by atoms with Crippen LogP contribution < -0.4 is 14.2 Å². The number of pyridine rings is 1. The van der Waals surface area contributed by atoms with Crippen LogP contribution in [0.2, 0.25) is 5.02 Å². The highest BCUT2D eigenvalue weighted by atomic mass is 35.5. The van der Waals surface area contributed by atoms with Crippen molar-refractivity contribution >= 4 is 32.5 Å². The number of halogens is 1. The van der Waals surface area contributed by atoms with E-state index in [0.717, 1.165) is 10.9 Å². The largest absolute Gasteiger partial charge is 0.495 e. The van der Waals surface area contributed by atoms with Crippen LogP contribution in [0.4, 0.5) is 0 Å². The maximum Gasteiger partial charge on any atom is 0.240 e. The third-order valence-electron chi connectivity index (χ3n) is 3.90. The number of benzene rings is 2. The van der Waals surface area contributed by atoms with Crippen molar-refractivity contribution in [3.63, 3.8) is 0 Å². The molecule has 0 aliphatic rings. The number of aromatic nitrogens is 1. The van der Waals surface area contributed by atoms with Gasteiger partial charge in [-0.15, -0.1) is 0 Å². The van der Waals surface area contributed by atoms with Gasteiger partial charge in [-0.1, -0.05) is 29.8 Å². The second-order valence-corrected chi connectivity index (χ2v) is 7.90. The Morgan fingerprint density at radius 2 is 1.93 bits per heavy atom. The molecule has 1 heterocycles. The molecular formula is C19H19ClN2O4S. The average molecular weight is 407 g/mol. The molecule has 0 fully saturated rings. The van der Waals surface area contributed by atoms with Crippen LogP contribution >= 0.6 is 11.6 Å². The third kappa shape index (κ3) is 4.68. The van der Waals surface area contributed by atoms with Crippen molar-refractivity contribution in [1.29, 1.82) is 0 Å². The van der Waals surface area contributed by atoms with E-state index in [1.807, 2.05) is 30.3 Å². The highest BCUT2D eigenvalue weighted by Gasteiger charge is 2.15. The van der Waals surface area contributed by atoms with Crippen LogP contribution in [0.1, 0.15) is 6.42 Å². The van der Waals surface area contributed by atoms with Crippen LogP contribution in [0.25, 0.3) is 10.9 Å². The van der Waals surface area contributed by atoms with Crippen molar-refractivity contribution in [2.24, 2.45) is 0 Å². The van der Waals surface area contributed by atoms with Gasteiger partial charge < -0.3 is 9.47 Å². The molecule has 3 rings (SSSR count). The highest BCUT2D eigenvalue weighted by molar-refractivity contribution is 7.89. The fourth-order valence-electron chi connectivity index (χ4n) is 2.55. The summed E-state index contributed by atoms with van der Waals surface area (Å²) in [6, 6.07) is 13.9. The SMILES string of the molecule is COc1ccc(S(=O)(=O)NCCCOc2cccc3cccnc23)cc1Cl. The zero-order chi connectivity index (χ0) is 19.3. The first-order valence-electron chi connectivity index (χ1n) is 8.31. The van der Waals surface area contributed by atoms with Gasteiger partial charge in [-0.3, -0.25) is 4.98 Å². The van der Waals surface area contributed by atoms with E-state index in [4.69, 9.17) is 21.1 Å². The molecule has 0 atom stereocenters. The molecule has 8 heteroatoms. The van der Waals surface area contributed by atoms with Gasteiger partial charge in [0.25, 0.3) is 0 Å². The second kappa shape index (κ2) is 8.56. The Labute approximate surface area is 163 Å². The molecule has 0 amide bonds. The fourth-order valence-corrected chi connectivity index (χ4v) is 3.97. The van der Waals surface area contributed by atoms with E-state index < -0.39 is 10.0 Å². The fraction of sp³-hybridized carbons (Fsp3) is 0.211. The summed E-state index contributed by atoms with van der Waals surface area (Å²) >= 11 is 5.99. The number of sulfonamides is 1. The Bertz CT molecular complexity index is 1040. The summed E-state index contributed by atoms with van der Waals surface area (Å²) in [5.74, 6) is 1.10. The second-order valence-electron chi connectivity index (χ2n) is 5.73. The molecule has 0 saturated heterocycles. The normalized spacial score (nSPS) is 11.5. The molecule has 0 saturated carbocycles. The van der Waals surface area contributed by atoms with Crippen LogP contribution in [0, 0.1) is 0 Å². The average Bonchev–Trinajstić information content (AvgIpc) is 2.67. The minimum atomic E-state index is -3.65. The van der Waals surface area contributed by atoms with Crippen molar-refractivity contribution in [2.75, 3.05) is 20.3 Å². The summed E-state index contributed by atoms with van der Waals surface area (Å²) in [6.45, 7) is 0.603. The molecule has 0 aliphatic carbocycles. The van der Waals surface area contributed by atoms with E-state index in [2.05, 4.69) is 9.71 Å². The predicted octanol–water partition coefficient (Wildman–Crippen LogP) is 3.64. The molecule has 0 spiro atoms. The van der Waals surface area contributed by atoms with Gasteiger partial charge >= 0.3 is 0 Å². The molecule has 6 nitrogen and oxygen atoms in total. The lowest BCUT2D eigenvalue weighted by Crippen LogP contribution is -2.25. The predicted molar refractivity (Wildman–Crippen MR) is 105 cm³/mol. The summed E-state index contributed by atoms with van der Waals surface area (Å²) in [5.41, 5.74) is 0.786. The topological polar surface area (TPSA) is 77.5 Å². The Kier molecular flexibility index (Phi) is 6.15. The first-order valence-corrected chi connectivity index (χ1v) is 10.2. The smallest absolute Gasteiger partial charge is 0.240 e. The summed E-state index contributed by atoms with van der Waals surface area (Å²) in [7, 11) is -2.17. The van der Waals surface area contributed by atoms with Gasteiger partial charge in [0, 0.05) is 18.1 Å². The Balaban J connectivity index is 1.54. The number of para-hydroxylation sites is 1. The zero-order valence-electron chi connectivity index (χ0n) is 14.7. The van der Waals surface area contributed by atoms with E-state index in [9.17, 15) is 8.42 Å². The number of hydrogen-bond donors (Lipinski definition) is 1. The van der Waals surface area contributed by atoms with Crippen molar-refractivity contribution in [3.8, 4) is 11.5 Å². The first kappa shape index (κ1) is 19.4. The van der Waals surface area contributed by atoms with E-state index >= 15 is 0 Å². The quantitative estimate of drug-likeness (QED) is 0.578. The van der Waals surface area contributed by atoms with Gasteiger partial charge in [0.1, 0.15) is 17.0 Å². The maximum absolute atomic E-state index is 12.3. The summed E-state index contributed by atoms with van der Waals surface area (Å²) in [4.78, 5) is 4.41. The molecule has 142 valence electrons. The van der Waals surface area contributed by atoms with Gasteiger partial charge in [0.2, 0.25) is 10.0 Å². The summed E-state index contributed by atoms with van der Waals surface area (Å²) < 4.78 is 38.0. The monoisotopic (exact) mass is 406 g/mol. The molecule has 2 aromatic carbocycles. The van der Waals surface area contributed by atoms with E-state index in [1.54, 1.807) is 6.20 Å². The molecule has 0 bridgehead atoms. The van der Waals surface area contributed by atoms with Crippen molar-refractivity contribution < 1.29 is 17.9 Å². The van der Waals surface area contributed by atoms with Crippen LogP contribution in [0.3, 0.4) is 0 Å². The Morgan fingerprint density at radius 3 is 2.70 bits per heavy atom. The van der Waals surface area contributed by atoms with Gasteiger partial charge in [0.05, 0.1) is 23.6 Å². The molecule has 1 N–H and O–H groups in total. The number of hydrogen-bond acceptors (Lipinski definition) is 5. The zero-order valence-corrected chi connectivity index (χ0v) is 16.3. The highest BCUT2D eigenvalue weighted by Crippen LogP contribution is 2.27. The number of fused-ring (bicyclic) bond motifs is 1. The maximum atomic E-state index is 12.3. The number of nitrogens with zero attached hydrogens (tertiary/aromatic N) is 1. The molecule has 3 aromatic rings. The van der Waals surface area contributed by atoms with Crippen LogP contribution in [0.15, 0.2) is 59.6 Å². The number of ether oxygens (including phenoxy) is 2. The van der Waals surface area contributed by atoms with Gasteiger partial charge in [0.15, 0.2) is 0 Å². The van der Waals surface area contributed by atoms with Gasteiger partial charge in [-0.25, -0.2) is 13.1 Å². The van der Waals surface area contributed by atoms with Crippen LogP contribution in [-0.4, -0.2) is 33.7 Å². The van der Waals surface area contributed by atoms with E-state index in [0.29, 0.717) is 24.5 Å². The number of rotatable bonds is 8. The number of methoxy groups -OCH3 is 1. The van der Waals surface area contributed by atoms with Crippen molar-refractivity contribution in [1.82, 2.24) is 9.71 Å². The van der Waals surface area contributed by atoms with Crippen LogP contribution in [0.5, 0.6) is 11.5 Å². The Morgan fingerprint density at radius 1 is 1.11 bits per heavy atom. The van der Waals surface area contributed by atoms with Gasteiger partial charge in [-0.05, 0) is 36.8 Å². The van der Waals surface area contributed by atoms with Crippen molar-refractivity contribution in [3.05, 3.63) is 59.8 Å². The molecular weight excluding hydrogens is 388 g/mol. The minimum absolute atomic E-state index is 0.0903. The standard InChI is InChI=1S/C19H19ClN2O4S/c1-25-17-9-8-15(13-16(17)20)27(23,24)22-11-4-12-26-18-7-2-5-14-6-3-10-21-19(14)18/h2-3,5-10,13,22H,4,11-12H2,1H3. The minimum Gasteiger partial charge on any atom is -0.495 e. The molecule has 0 aliphatic heterocycles. The molecule has 1 aromatic heterocycles. The van der Waals surface area contributed by atoms with E-state index in [-0.39, 0.29) is 16.5 Å². The van der Waals surface area contributed by atoms with Crippen LogP contribution in [-0.2, 0) is 10.0 Å². The first-order chi connectivity index (χ1) is 13.0. The summed E-state index contributed by atoms with van der Waals surface area (Å²) in [5, 5.41) is 1.24. The number of nitrogens with one attached hydrogen (secondary N) is 1. The summed E-state index contributed by atoms with van der Waals surface area (Å²) in [6.07, 6.45) is 2.22. The lowest BCUT2D eigenvalue weighted by molar-refractivity contribution is 0.314. The van der Waals surface area contributed by atoms with Crippen molar-refractivity contribution in [2.45, 2.75) is 11.3 Å². The van der Waals surface area contributed by atoms with E-state index in [1.165, 1.54) is 25.3 Å². The molecule has 0 radical (unpaired) electrons. The van der Waals surface area contributed by atoms with Gasteiger partial charge in [-0.2, -0.15) is 0 Å². The third-order valence-corrected chi connectivity index (χ3v) is 5.65. The molecule has 27 heavy (non-hydrogen) atoms.